The van der Waals surface area contributed by atoms with Crippen LogP contribution in [-0.2, 0) is 11.3 Å². The standard InChI is InChI=1S/C9H13F4N3O3/c1-4(17)6(14)7-15-5(16-19-7)2-18-3-9(12,13)8(10)11/h4,6,8,17H,2-3,14H2,1H3. The highest BCUT2D eigenvalue weighted by molar-refractivity contribution is 4.93. The molecule has 2 unspecified atom stereocenters. The number of ether oxygens (including phenoxy) is 1. The zero-order chi connectivity index (χ0) is 14.6. The molecule has 1 rings (SSSR count). The number of aromatic nitrogens is 2. The van der Waals surface area contributed by atoms with Crippen molar-refractivity contribution in [1.29, 1.82) is 0 Å². The monoisotopic (exact) mass is 287 g/mol. The fourth-order valence-corrected chi connectivity index (χ4v) is 1.01. The Balaban J connectivity index is 2.47. The molecule has 0 bridgehead atoms. The molecule has 0 saturated carbocycles. The first-order valence-corrected chi connectivity index (χ1v) is 5.24. The third-order valence-electron chi connectivity index (χ3n) is 2.13. The van der Waals surface area contributed by atoms with Crippen LogP contribution in [0.2, 0.25) is 0 Å². The summed E-state index contributed by atoms with van der Waals surface area (Å²) in [4.78, 5) is 3.68. The van der Waals surface area contributed by atoms with Gasteiger partial charge in [0.05, 0.1) is 6.10 Å². The van der Waals surface area contributed by atoms with E-state index in [9.17, 15) is 17.6 Å². The number of aliphatic hydroxyl groups excluding tert-OH is 1. The quantitative estimate of drug-likeness (QED) is 0.722. The number of halogens is 4. The number of rotatable bonds is 7. The average Bonchev–Trinajstić information content (AvgIpc) is 2.76. The zero-order valence-electron chi connectivity index (χ0n) is 9.89. The molecule has 3 N–H and O–H groups in total. The molecule has 110 valence electrons. The van der Waals surface area contributed by atoms with Crippen LogP contribution < -0.4 is 5.73 Å². The largest absolute Gasteiger partial charge is 0.391 e. The molecule has 1 aromatic heterocycles. The van der Waals surface area contributed by atoms with Gasteiger partial charge in [0.2, 0.25) is 5.89 Å². The first-order valence-electron chi connectivity index (χ1n) is 5.24. The number of nitrogens with zero attached hydrogens (tertiary/aromatic N) is 2. The van der Waals surface area contributed by atoms with Crippen molar-refractivity contribution in [3.8, 4) is 0 Å². The second-order valence-corrected chi connectivity index (χ2v) is 3.87. The topological polar surface area (TPSA) is 94.4 Å². The molecule has 0 spiro atoms. The lowest BCUT2D eigenvalue weighted by Crippen LogP contribution is -2.32. The predicted octanol–water partition coefficient (Wildman–Crippen LogP) is 0.867. The molecule has 2 atom stereocenters. The van der Waals surface area contributed by atoms with Crippen LogP contribution in [0.1, 0.15) is 24.7 Å². The average molecular weight is 287 g/mol. The van der Waals surface area contributed by atoms with Gasteiger partial charge in [-0.25, -0.2) is 8.78 Å². The lowest BCUT2D eigenvalue weighted by atomic mass is 10.2. The van der Waals surface area contributed by atoms with Crippen molar-refractivity contribution in [2.24, 2.45) is 5.73 Å². The van der Waals surface area contributed by atoms with Gasteiger partial charge in [-0.2, -0.15) is 13.8 Å². The molecule has 6 nitrogen and oxygen atoms in total. The van der Waals surface area contributed by atoms with E-state index in [0.29, 0.717) is 0 Å². The number of nitrogens with two attached hydrogens (primary N) is 1. The Labute approximate surface area is 105 Å². The van der Waals surface area contributed by atoms with Crippen molar-refractivity contribution in [3.63, 3.8) is 0 Å². The Morgan fingerprint density at radius 3 is 2.63 bits per heavy atom. The summed E-state index contributed by atoms with van der Waals surface area (Å²) in [6, 6.07) is -0.927. The van der Waals surface area contributed by atoms with Gasteiger partial charge in [0.25, 0.3) is 0 Å². The van der Waals surface area contributed by atoms with Crippen LogP contribution in [0.4, 0.5) is 17.6 Å². The van der Waals surface area contributed by atoms with E-state index in [1.807, 2.05) is 0 Å². The minimum Gasteiger partial charge on any atom is -0.391 e. The second kappa shape index (κ2) is 6.26. The fourth-order valence-electron chi connectivity index (χ4n) is 1.01. The van der Waals surface area contributed by atoms with Gasteiger partial charge in [0, 0.05) is 0 Å². The molecule has 0 amide bonds. The molecular formula is C9H13F4N3O3. The smallest absolute Gasteiger partial charge is 0.330 e. The fraction of sp³-hybridized carbons (Fsp3) is 0.778. The minimum absolute atomic E-state index is 0.103. The summed E-state index contributed by atoms with van der Waals surface area (Å²) in [6.45, 7) is -0.594. The van der Waals surface area contributed by atoms with Gasteiger partial charge >= 0.3 is 12.3 Å². The maximum atomic E-state index is 12.5. The van der Waals surface area contributed by atoms with Gasteiger partial charge in [-0.05, 0) is 6.92 Å². The van der Waals surface area contributed by atoms with Crippen molar-refractivity contribution in [1.82, 2.24) is 10.1 Å². The molecule has 1 aromatic rings. The lowest BCUT2D eigenvalue weighted by molar-refractivity contribution is -0.168. The summed E-state index contributed by atoms with van der Waals surface area (Å²) in [5.74, 6) is -4.46. The first kappa shape index (κ1) is 15.8. The van der Waals surface area contributed by atoms with Crippen LogP contribution in [0.15, 0.2) is 4.52 Å². The van der Waals surface area contributed by atoms with E-state index in [1.165, 1.54) is 6.92 Å². The van der Waals surface area contributed by atoms with Crippen molar-refractivity contribution < 1.29 is 31.9 Å². The van der Waals surface area contributed by atoms with Crippen LogP contribution in [0, 0.1) is 0 Å². The highest BCUT2D eigenvalue weighted by atomic mass is 19.3. The highest BCUT2D eigenvalue weighted by Crippen LogP contribution is 2.23. The number of alkyl halides is 4. The van der Waals surface area contributed by atoms with Gasteiger partial charge in [-0.3, -0.25) is 0 Å². The summed E-state index contributed by atoms with van der Waals surface area (Å²) in [7, 11) is 0. The zero-order valence-corrected chi connectivity index (χ0v) is 9.89. The van der Waals surface area contributed by atoms with Crippen molar-refractivity contribution in [2.45, 2.75) is 38.0 Å². The molecular weight excluding hydrogens is 274 g/mol. The maximum Gasteiger partial charge on any atom is 0.330 e. The van der Waals surface area contributed by atoms with E-state index in [0.717, 1.165) is 0 Å². The third-order valence-corrected chi connectivity index (χ3v) is 2.13. The SMILES string of the molecule is CC(O)C(N)c1nc(COCC(F)(F)C(F)F)no1. The summed E-state index contributed by atoms with van der Waals surface area (Å²) >= 11 is 0. The van der Waals surface area contributed by atoms with E-state index >= 15 is 0 Å². The van der Waals surface area contributed by atoms with Gasteiger partial charge in [0.15, 0.2) is 5.82 Å². The second-order valence-electron chi connectivity index (χ2n) is 3.87. The van der Waals surface area contributed by atoms with Crippen LogP contribution >= 0.6 is 0 Å². The molecule has 0 aliphatic heterocycles. The minimum atomic E-state index is -4.23. The number of hydrogen-bond donors (Lipinski definition) is 2. The summed E-state index contributed by atoms with van der Waals surface area (Å²) in [5.41, 5.74) is 5.48. The molecule has 10 heteroatoms. The Kier molecular flexibility index (Phi) is 5.20. The molecule has 0 aliphatic carbocycles. The third kappa shape index (κ3) is 4.40. The normalized spacial score (nSPS) is 15.8. The lowest BCUT2D eigenvalue weighted by Gasteiger charge is -2.14. The van der Waals surface area contributed by atoms with Crippen LogP contribution in [0.5, 0.6) is 0 Å². The first-order chi connectivity index (χ1) is 8.74. The van der Waals surface area contributed by atoms with E-state index in [2.05, 4.69) is 19.4 Å². The molecule has 0 aromatic carbocycles. The maximum absolute atomic E-state index is 12.5. The molecule has 0 aliphatic rings. The van der Waals surface area contributed by atoms with Crippen LogP contribution in [0.3, 0.4) is 0 Å². The van der Waals surface area contributed by atoms with Crippen LogP contribution in [-0.4, -0.2) is 40.3 Å². The number of aliphatic hydroxyl groups is 1. The Bertz CT molecular complexity index is 400. The van der Waals surface area contributed by atoms with Crippen molar-refractivity contribution in [3.05, 3.63) is 11.7 Å². The predicted molar refractivity (Wildman–Crippen MR) is 53.5 cm³/mol. The highest BCUT2D eigenvalue weighted by Gasteiger charge is 2.41. The molecule has 0 saturated heterocycles. The van der Waals surface area contributed by atoms with E-state index < -0.39 is 37.7 Å². The number of hydrogen-bond acceptors (Lipinski definition) is 6. The Morgan fingerprint density at radius 2 is 2.11 bits per heavy atom. The Hall–Kier alpha value is -1.26. The van der Waals surface area contributed by atoms with Gasteiger partial charge < -0.3 is 20.1 Å². The van der Waals surface area contributed by atoms with Crippen LogP contribution in [0.25, 0.3) is 0 Å². The van der Waals surface area contributed by atoms with Gasteiger partial charge in [-0.15, -0.1) is 0 Å². The summed E-state index contributed by atoms with van der Waals surface area (Å²) in [6.07, 6.45) is -4.76. The van der Waals surface area contributed by atoms with Gasteiger partial charge in [0.1, 0.15) is 19.3 Å². The van der Waals surface area contributed by atoms with E-state index in [-0.39, 0.29) is 11.7 Å². The van der Waals surface area contributed by atoms with Gasteiger partial charge in [-0.1, -0.05) is 5.16 Å². The molecule has 0 fully saturated rings. The molecule has 0 radical (unpaired) electrons. The molecule has 19 heavy (non-hydrogen) atoms. The van der Waals surface area contributed by atoms with Crippen molar-refractivity contribution in [2.75, 3.05) is 6.61 Å². The van der Waals surface area contributed by atoms with E-state index in [4.69, 9.17) is 10.8 Å². The summed E-state index contributed by atoms with van der Waals surface area (Å²) in [5, 5.41) is 12.5. The van der Waals surface area contributed by atoms with E-state index in [1.54, 1.807) is 0 Å². The van der Waals surface area contributed by atoms with Crippen molar-refractivity contribution >= 4 is 0 Å². The summed E-state index contributed by atoms with van der Waals surface area (Å²) < 4.78 is 57.7. The Morgan fingerprint density at radius 1 is 1.47 bits per heavy atom. The molecule has 1 heterocycles.